The molecule has 2 rings (SSSR count). The van der Waals surface area contributed by atoms with Crippen LogP contribution in [0.3, 0.4) is 0 Å². The summed E-state index contributed by atoms with van der Waals surface area (Å²) in [6.07, 6.45) is 1.32. The lowest BCUT2D eigenvalue weighted by molar-refractivity contribution is 0.0702. The van der Waals surface area contributed by atoms with Crippen molar-refractivity contribution in [1.29, 1.82) is 0 Å². The molecule has 2 aromatic heterocycles. The summed E-state index contributed by atoms with van der Waals surface area (Å²) >= 11 is 1.08. The number of nitrogens with zero attached hydrogens (tertiary/aromatic N) is 2. The topological polar surface area (TPSA) is 72.3 Å². The van der Waals surface area contributed by atoms with Crippen LogP contribution < -0.4 is 4.74 Å². The van der Waals surface area contributed by atoms with E-state index in [1.165, 1.54) is 13.3 Å². The van der Waals surface area contributed by atoms with Gasteiger partial charge in [0, 0.05) is 6.07 Å². The molecule has 16 heavy (non-hydrogen) atoms. The van der Waals surface area contributed by atoms with Gasteiger partial charge in [0.25, 0.3) is 0 Å². The minimum absolute atomic E-state index is 0.194. The van der Waals surface area contributed by atoms with E-state index in [-0.39, 0.29) is 4.88 Å². The van der Waals surface area contributed by atoms with Gasteiger partial charge in [-0.05, 0) is 6.07 Å². The minimum atomic E-state index is -0.980. The highest BCUT2D eigenvalue weighted by Gasteiger charge is 2.11. The molecule has 0 atom stereocenters. The van der Waals surface area contributed by atoms with Gasteiger partial charge in [0.15, 0.2) is 0 Å². The first-order chi connectivity index (χ1) is 7.70. The van der Waals surface area contributed by atoms with Gasteiger partial charge < -0.3 is 9.84 Å². The van der Waals surface area contributed by atoms with Crippen LogP contribution in [-0.2, 0) is 0 Å². The zero-order valence-corrected chi connectivity index (χ0v) is 9.19. The summed E-state index contributed by atoms with van der Waals surface area (Å²) in [6.45, 7) is 0. The summed E-state index contributed by atoms with van der Waals surface area (Å²) in [5, 5.41) is 9.34. The first-order valence-electron chi connectivity index (χ1n) is 4.41. The second kappa shape index (κ2) is 4.28. The predicted molar refractivity (Wildman–Crippen MR) is 58.9 cm³/mol. The molecule has 0 unspecified atom stereocenters. The molecule has 0 amide bonds. The van der Waals surface area contributed by atoms with Crippen molar-refractivity contribution in [2.24, 2.45) is 0 Å². The molecule has 82 valence electrons. The Morgan fingerprint density at radius 2 is 2.31 bits per heavy atom. The number of methoxy groups -OCH3 is 1. The zero-order valence-electron chi connectivity index (χ0n) is 8.38. The molecular weight excluding hydrogens is 228 g/mol. The summed E-state index contributed by atoms with van der Waals surface area (Å²) < 4.78 is 4.98. The number of hydrogen-bond acceptors (Lipinski definition) is 5. The van der Waals surface area contributed by atoms with Crippen molar-refractivity contribution in [1.82, 2.24) is 9.97 Å². The average molecular weight is 236 g/mol. The van der Waals surface area contributed by atoms with E-state index in [1.807, 2.05) is 0 Å². The fourth-order valence-corrected chi connectivity index (χ4v) is 1.86. The number of aromatic nitrogens is 2. The van der Waals surface area contributed by atoms with Crippen molar-refractivity contribution < 1.29 is 14.6 Å². The van der Waals surface area contributed by atoms with Gasteiger partial charge in [0.1, 0.15) is 15.6 Å². The second-order valence-corrected chi connectivity index (χ2v) is 3.93. The number of carboxylic acids is 1. The quantitative estimate of drug-likeness (QED) is 0.881. The molecular formula is C10H8N2O3S. The third-order valence-corrected chi connectivity index (χ3v) is 2.88. The molecule has 0 radical (unpaired) electrons. The van der Waals surface area contributed by atoms with Crippen LogP contribution in [0.25, 0.3) is 10.7 Å². The SMILES string of the molecule is COc1cccc(-c2ncc(C(=O)O)s2)n1. The Hall–Kier alpha value is -1.95. The van der Waals surface area contributed by atoms with Crippen molar-refractivity contribution >= 4 is 17.3 Å². The van der Waals surface area contributed by atoms with Gasteiger partial charge in [0.2, 0.25) is 5.88 Å². The van der Waals surface area contributed by atoms with E-state index in [0.29, 0.717) is 16.6 Å². The largest absolute Gasteiger partial charge is 0.481 e. The van der Waals surface area contributed by atoms with E-state index in [2.05, 4.69) is 9.97 Å². The highest BCUT2D eigenvalue weighted by atomic mass is 32.1. The molecule has 0 saturated carbocycles. The lowest BCUT2D eigenvalue weighted by Gasteiger charge is -1.99. The van der Waals surface area contributed by atoms with Gasteiger partial charge in [-0.1, -0.05) is 6.07 Å². The summed E-state index contributed by atoms with van der Waals surface area (Å²) in [4.78, 5) is 19.1. The third-order valence-electron chi connectivity index (χ3n) is 1.87. The van der Waals surface area contributed by atoms with E-state index in [1.54, 1.807) is 18.2 Å². The van der Waals surface area contributed by atoms with E-state index in [4.69, 9.17) is 9.84 Å². The van der Waals surface area contributed by atoms with Crippen molar-refractivity contribution in [2.45, 2.75) is 0 Å². The maximum absolute atomic E-state index is 10.7. The van der Waals surface area contributed by atoms with Gasteiger partial charge in [0.05, 0.1) is 13.3 Å². The maximum Gasteiger partial charge on any atom is 0.347 e. The smallest absolute Gasteiger partial charge is 0.347 e. The molecule has 5 nitrogen and oxygen atoms in total. The molecule has 0 aliphatic carbocycles. The Labute approximate surface area is 95.4 Å². The molecule has 2 heterocycles. The number of carbonyl (C=O) groups is 1. The number of ether oxygens (including phenoxy) is 1. The van der Waals surface area contributed by atoms with Crippen LogP contribution in [0.2, 0.25) is 0 Å². The minimum Gasteiger partial charge on any atom is -0.481 e. The van der Waals surface area contributed by atoms with Gasteiger partial charge in [-0.3, -0.25) is 0 Å². The van der Waals surface area contributed by atoms with E-state index in [0.717, 1.165) is 11.3 Å². The van der Waals surface area contributed by atoms with Crippen LogP contribution in [0.5, 0.6) is 5.88 Å². The summed E-state index contributed by atoms with van der Waals surface area (Å²) in [6, 6.07) is 5.26. The van der Waals surface area contributed by atoms with Crippen molar-refractivity contribution in [2.75, 3.05) is 7.11 Å². The van der Waals surface area contributed by atoms with Crippen molar-refractivity contribution in [3.05, 3.63) is 29.3 Å². The van der Waals surface area contributed by atoms with Crippen LogP contribution in [0.1, 0.15) is 9.67 Å². The number of rotatable bonds is 3. The molecule has 0 fully saturated rings. The molecule has 2 aromatic rings. The lowest BCUT2D eigenvalue weighted by Crippen LogP contribution is -1.89. The predicted octanol–water partition coefficient (Wildman–Crippen LogP) is 1.91. The maximum atomic E-state index is 10.7. The highest BCUT2D eigenvalue weighted by Crippen LogP contribution is 2.24. The standard InChI is InChI=1S/C10H8N2O3S/c1-15-8-4-2-3-6(12-8)9-11-5-7(16-9)10(13)14/h2-5H,1H3,(H,13,14). The Bertz CT molecular complexity index is 524. The molecule has 0 bridgehead atoms. The summed E-state index contributed by atoms with van der Waals surface area (Å²) in [7, 11) is 1.52. The highest BCUT2D eigenvalue weighted by molar-refractivity contribution is 7.16. The van der Waals surface area contributed by atoms with Crippen LogP contribution in [-0.4, -0.2) is 28.2 Å². The number of thiazole rings is 1. The molecule has 6 heteroatoms. The molecule has 0 aromatic carbocycles. The number of aromatic carboxylic acids is 1. The van der Waals surface area contributed by atoms with Crippen molar-refractivity contribution in [3.8, 4) is 16.6 Å². The monoisotopic (exact) mass is 236 g/mol. The Kier molecular flexibility index (Phi) is 2.82. The lowest BCUT2D eigenvalue weighted by atomic mass is 10.3. The van der Waals surface area contributed by atoms with Gasteiger partial charge in [-0.2, -0.15) is 0 Å². The Balaban J connectivity index is 2.38. The molecule has 0 aliphatic heterocycles. The van der Waals surface area contributed by atoms with E-state index in [9.17, 15) is 4.79 Å². The normalized spacial score (nSPS) is 10.1. The van der Waals surface area contributed by atoms with Gasteiger partial charge >= 0.3 is 5.97 Å². The average Bonchev–Trinajstić information content (AvgIpc) is 2.78. The number of hydrogen-bond donors (Lipinski definition) is 1. The van der Waals surface area contributed by atoms with Gasteiger partial charge in [-0.25, -0.2) is 14.8 Å². The fourth-order valence-electron chi connectivity index (χ4n) is 1.14. The first-order valence-corrected chi connectivity index (χ1v) is 5.23. The fraction of sp³-hybridized carbons (Fsp3) is 0.100. The summed E-state index contributed by atoms with van der Waals surface area (Å²) in [5.41, 5.74) is 0.608. The zero-order chi connectivity index (χ0) is 11.5. The Morgan fingerprint density at radius 3 is 2.94 bits per heavy atom. The molecule has 0 saturated heterocycles. The van der Waals surface area contributed by atoms with E-state index >= 15 is 0 Å². The van der Waals surface area contributed by atoms with Crippen LogP contribution in [0.15, 0.2) is 24.4 Å². The third kappa shape index (κ3) is 2.01. The number of pyridine rings is 1. The second-order valence-electron chi connectivity index (χ2n) is 2.90. The van der Waals surface area contributed by atoms with E-state index < -0.39 is 5.97 Å². The van der Waals surface area contributed by atoms with Crippen LogP contribution in [0, 0.1) is 0 Å². The summed E-state index contributed by atoms with van der Waals surface area (Å²) in [5.74, 6) is -0.503. The van der Waals surface area contributed by atoms with Gasteiger partial charge in [-0.15, -0.1) is 11.3 Å². The molecule has 0 spiro atoms. The molecule has 0 aliphatic rings. The number of carboxylic acid groups (broad SMARTS) is 1. The molecule has 1 N–H and O–H groups in total. The Morgan fingerprint density at radius 1 is 1.50 bits per heavy atom. The van der Waals surface area contributed by atoms with Crippen LogP contribution >= 0.6 is 11.3 Å². The first kappa shape index (κ1) is 10.6. The van der Waals surface area contributed by atoms with Crippen LogP contribution in [0.4, 0.5) is 0 Å². The van der Waals surface area contributed by atoms with Crippen molar-refractivity contribution in [3.63, 3.8) is 0 Å².